The maximum absolute atomic E-state index is 5.46. The van der Waals surface area contributed by atoms with Crippen LogP contribution in [0.3, 0.4) is 0 Å². The molecule has 0 radical (unpaired) electrons. The van der Waals surface area contributed by atoms with Crippen LogP contribution in [0.5, 0.6) is 11.5 Å². The van der Waals surface area contributed by atoms with Gasteiger partial charge in [-0.05, 0) is 43.3 Å². The Hall–Kier alpha value is -3.19. The fourth-order valence-corrected chi connectivity index (χ4v) is 3.54. The molecule has 28 heavy (non-hydrogen) atoms. The predicted octanol–water partition coefficient (Wildman–Crippen LogP) is 4.86. The maximum Gasteiger partial charge on any atom is 0.233 e. The SMILES string of the molecule is CCOc1ccc(-c2noc(Cc3nc(-c4cccc(OC)c4)cs3)n2)cc1. The monoisotopic (exact) mass is 393 g/mol. The van der Waals surface area contributed by atoms with Crippen LogP contribution in [0.15, 0.2) is 58.4 Å². The molecule has 0 aliphatic heterocycles. The zero-order chi connectivity index (χ0) is 19.3. The topological polar surface area (TPSA) is 70.3 Å². The van der Waals surface area contributed by atoms with Gasteiger partial charge in [-0.25, -0.2) is 4.98 Å². The van der Waals surface area contributed by atoms with Gasteiger partial charge in [0.2, 0.25) is 11.7 Å². The average molecular weight is 393 g/mol. The van der Waals surface area contributed by atoms with Crippen LogP contribution in [-0.2, 0) is 6.42 Å². The number of ether oxygens (including phenoxy) is 2. The Bertz CT molecular complexity index is 1060. The molecule has 0 aliphatic carbocycles. The summed E-state index contributed by atoms with van der Waals surface area (Å²) in [5.74, 6) is 2.73. The summed E-state index contributed by atoms with van der Waals surface area (Å²) in [5.41, 5.74) is 2.81. The minimum absolute atomic E-state index is 0.499. The van der Waals surface area contributed by atoms with Gasteiger partial charge in [0.25, 0.3) is 0 Å². The van der Waals surface area contributed by atoms with Crippen LogP contribution in [0.1, 0.15) is 17.8 Å². The van der Waals surface area contributed by atoms with E-state index in [1.165, 1.54) is 0 Å². The van der Waals surface area contributed by atoms with Gasteiger partial charge in [-0.15, -0.1) is 11.3 Å². The summed E-state index contributed by atoms with van der Waals surface area (Å²) in [5, 5.41) is 7.02. The molecular formula is C21H19N3O3S. The number of rotatable bonds is 7. The van der Waals surface area contributed by atoms with Gasteiger partial charge in [0, 0.05) is 16.5 Å². The molecule has 0 N–H and O–H groups in total. The smallest absolute Gasteiger partial charge is 0.233 e. The molecule has 2 aromatic carbocycles. The molecule has 0 unspecified atom stereocenters. The van der Waals surface area contributed by atoms with Gasteiger partial charge in [0.15, 0.2) is 0 Å². The van der Waals surface area contributed by atoms with Crippen molar-refractivity contribution in [2.24, 2.45) is 0 Å². The summed E-state index contributed by atoms with van der Waals surface area (Å²) in [6, 6.07) is 15.5. The van der Waals surface area contributed by atoms with Crippen molar-refractivity contribution in [3.63, 3.8) is 0 Å². The molecular weight excluding hydrogens is 374 g/mol. The lowest BCUT2D eigenvalue weighted by atomic mass is 10.2. The van der Waals surface area contributed by atoms with E-state index in [0.29, 0.717) is 24.7 Å². The number of hydrogen-bond acceptors (Lipinski definition) is 7. The Balaban J connectivity index is 1.47. The first-order valence-electron chi connectivity index (χ1n) is 8.90. The van der Waals surface area contributed by atoms with E-state index in [-0.39, 0.29) is 0 Å². The lowest BCUT2D eigenvalue weighted by Crippen LogP contribution is -1.91. The summed E-state index contributed by atoms with van der Waals surface area (Å²) in [7, 11) is 1.66. The van der Waals surface area contributed by atoms with Crippen LogP contribution in [0.4, 0.5) is 0 Å². The lowest BCUT2D eigenvalue weighted by molar-refractivity contribution is 0.340. The van der Waals surface area contributed by atoms with E-state index in [1.807, 2.05) is 60.8 Å². The van der Waals surface area contributed by atoms with E-state index in [4.69, 9.17) is 14.0 Å². The fourth-order valence-electron chi connectivity index (χ4n) is 2.75. The molecule has 0 fully saturated rings. The third-order valence-electron chi connectivity index (χ3n) is 4.11. The quantitative estimate of drug-likeness (QED) is 0.447. The standard InChI is InChI=1S/C21H19N3O3S/c1-3-26-16-9-7-14(8-10-16)21-23-19(27-24-21)12-20-22-18(13-28-20)15-5-4-6-17(11-15)25-2/h4-11,13H,3,12H2,1-2H3. The van der Waals surface area contributed by atoms with Crippen LogP contribution in [0.2, 0.25) is 0 Å². The molecule has 0 spiro atoms. The average Bonchev–Trinajstić information content (AvgIpc) is 3.39. The van der Waals surface area contributed by atoms with Crippen LogP contribution >= 0.6 is 11.3 Å². The summed E-state index contributed by atoms with van der Waals surface area (Å²) < 4.78 is 16.1. The van der Waals surface area contributed by atoms with Crippen molar-refractivity contribution in [2.75, 3.05) is 13.7 Å². The summed E-state index contributed by atoms with van der Waals surface area (Å²) in [4.78, 5) is 9.17. The highest BCUT2D eigenvalue weighted by Crippen LogP contribution is 2.27. The molecule has 2 aromatic heterocycles. The van der Waals surface area contributed by atoms with Gasteiger partial charge in [0.05, 0.1) is 25.8 Å². The third kappa shape index (κ3) is 4.04. The minimum atomic E-state index is 0.499. The van der Waals surface area contributed by atoms with E-state index < -0.39 is 0 Å². The highest BCUT2D eigenvalue weighted by atomic mass is 32.1. The Morgan fingerprint density at radius 1 is 1.00 bits per heavy atom. The van der Waals surface area contributed by atoms with Gasteiger partial charge >= 0.3 is 0 Å². The van der Waals surface area contributed by atoms with Gasteiger partial charge in [-0.2, -0.15) is 4.98 Å². The van der Waals surface area contributed by atoms with Crippen LogP contribution < -0.4 is 9.47 Å². The van der Waals surface area contributed by atoms with E-state index in [0.717, 1.165) is 33.3 Å². The highest BCUT2D eigenvalue weighted by Gasteiger charge is 2.12. The lowest BCUT2D eigenvalue weighted by Gasteiger charge is -2.02. The first-order chi connectivity index (χ1) is 13.7. The molecule has 0 saturated heterocycles. The second-order valence-electron chi connectivity index (χ2n) is 6.00. The van der Waals surface area contributed by atoms with Crippen molar-refractivity contribution >= 4 is 11.3 Å². The second-order valence-corrected chi connectivity index (χ2v) is 6.95. The zero-order valence-corrected chi connectivity index (χ0v) is 16.4. The first-order valence-corrected chi connectivity index (χ1v) is 9.78. The number of aromatic nitrogens is 3. The normalized spacial score (nSPS) is 10.8. The Morgan fingerprint density at radius 2 is 1.86 bits per heavy atom. The van der Waals surface area contributed by atoms with Gasteiger partial charge in [-0.3, -0.25) is 0 Å². The fraction of sp³-hybridized carbons (Fsp3) is 0.190. The van der Waals surface area contributed by atoms with E-state index in [2.05, 4.69) is 15.1 Å². The Labute approximate surface area is 166 Å². The number of nitrogens with zero attached hydrogens (tertiary/aromatic N) is 3. The van der Waals surface area contributed by atoms with E-state index >= 15 is 0 Å². The maximum atomic E-state index is 5.46. The molecule has 4 aromatic rings. The summed E-state index contributed by atoms with van der Waals surface area (Å²) in [6.45, 7) is 2.59. The van der Waals surface area contributed by atoms with Gasteiger partial charge < -0.3 is 14.0 Å². The van der Waals surface area contributed by atoms with E-state index in [9.17, 15) is 0 Å². The van der Waals surface area contributed by atoms with Crippen LogP contribution in [0, 0.1) is 0 Å². The first kappa shape index (κ1) is 18.2. The van der Waals surface area contributed by atoms with Crippen molar-refractivity contribution in [2.45, 2.75) is 13.3 Å². The molecule has 0 bridgehead atoms. The predicted molar refractivity (Wildman–Crippen MR) is 108 cm³/mol. The van der Waals surface area contributed by atoms with Crippen LogP contribution in [0.25, 0.3) is 22.6 Å². The summed E-state index contributed by atoms with van der Waals surface area (Å²) in [6.07, 6.45) is 0.499. The van der Waals surface area contributed by atoms with Crippen molar-refractivity contribution in [1.29, 1.82) is 0 Å². The van der Waals surface area contributed by atoms with E-state index in [1.54, 1.807) is 18.4 Å². The second kappa shape index (κ2) is 8.22. The Morgan fingerprint density at radius 3 is 2.64 bits per heavy atom. The molecule has 0 amide bonds. The molecule has 0 saturated carbocycles. The van der Waals surface area contributed by atoms with Gasteiger partial charge in [0.1, 0.15) is 16.5 Å². The molecule has 2 heterocycles. The highest BCUT2D eigenvalue weighted by molar-refractivity contribution is 7.10. The molecule has 0 atom stereocenters. The van der Waals surface area contributed by atoms with Gasteiger partial charge in [-0.1, -0.05) is 17.3 Å². The van der Waals surface area contributed by atoms with Crippen molar-refractivity contribution in [3.05, 3.63) is 64.8 Å². The van der Waals surface area contributed by atoms with Crippen molar-refractivity contribution in [3.8, 4) is 34.1 Å². The zero-order valence-electron chi connectivity index (χ0n) is 15.6. The number of methoxy groups -OCH3 is 1. The molecule has 6 nitrogen and oxygen atoms in total. The third-order valence-corrected chi connectivity index (χ3v) is 4.96. The Kier molecular flexibility index (Phi) is 5.34. The molecule has 7 heteroatoms. The minimum Gasteiger partial charge on any atom is -0.497 e. The van der Waals surface area contributed by atoms with Crippen LogP contribution in [-0.4, -0.2) is 28.8 Å². The van der Waals surface area contributed by atoms with Crippen molar-refractivity contribution in [1.82, 2.24) is 15.1 Å². The molecule has 4 rings (SSSR count). The number of benzene rings is 2. The van der Waals surface area contributed by atoms with Crippen molar-refractivity contribution < 1.29 is 14.0 Å². The molecule has 142 valence electrons. The number of thiazole rings is 1. The summed E-state index contributed by atoms with van der Waals surface area (Å²) >= 11 is 1.57. The largest absolute Gasteiger partial charge is 0.497 e. The molecule has 0 aliphatic rings. The number of hydrogen-bond donors (Lipinski definition) is 0.